The Morgan fingerprint density at radius 2 is 1.87 bits per heavy atom. The summed E-state index contributed by atoms with van der Waals surface area (Å²) in [6.07, 6.45) is 0.288. The van der Waals surface area contributed by atoms with E-state index >= 15 is 0 Å². The van der Waals surface area contributed by atoms with E-state index in [0.29, 0.717) is 0 Å². The van der Waals surface area contributed by atoms with Crippen LogP contribution in [0.2, 0.25) is 18.1 Å². The molecule has 0 fully saturated rings. The molecule has 0 saturated carbocycles. The summed E-state index contributed by atoms with van der Waals surface area (Å²) in [5.74, 6) is 0. The highest BCUT2D eigenvalue weighted by atomic mass is 32.1. The van der Waals surface area contributed by atoms with Gasteiger partial charge < -0.3 is 4.43 Å². The number of rotatable bonds is 6. The van der Waals surface area contributed by atoms with Gasteiger partial charge in [-0.2, -0.15) is 0 Å². The van der Waals surface area contributed by atoms with Gasteiger partial charge in [0.1, 0.15) is 0 Å². The van der Waals surface area contributed by atoms with Crippen LogP contribution in [0.3, 0.4) is 0 Å². The first kappa shape index (κ1) is 12.9. The van der Waals surface area contributed by atoms with E-state index in [1.165, 1.54) is 23.0 Å². The van der Waals surface area contributed by atoms with Crippen molar-refractivity contribution < 1.29 is 4.43 Å². The Hall–Kier alpha value is -0.123. The lowest BCUT2D eigenvalue weighted by molar-refractivity contribution is 0.214. The van der Waals surface area contributed by atoms with Gasteiger partial charge in [-0.1, -0.05) is 26.8 Å². The van der Waals surface area contributed by atoms with Crippen molar-refractivity contribution in [3.05, 3.63) is 22.4 Å². The summed E-state index contributed by atoms with van der Waals surface area (Å²) >= 11 is 1.80. The van der Waals surface area contributed by atoms with Crippen molar-refractivity contribution in [2.24, 2.45) is 0 Å². The van der Waals surface area contributed by atoms with Crippen LogP contribution in [0.15, 0.2) is 17.5 Å². The second-order valence-electron chi connectivity index (χ2n) is 4.02. The van der Waals surface area contributed by atoms with Crippen LogP contribution in [0, 0.1) is 0 Å². The van der Waals surface area contributed by atoms with Gasteiger partial charge in [-0.25, -0.2) is 0 Å². The predicted octanol–water partition coefficient (Wildman–Crippen LogP) is 4.83. The normalized spacial score (nSPS) is 14.1. The maximum Gasteiger partial charge on any atom is 0.192 e. The van der Waals surface area contributed by atoms with Crippen molar-refractivity contribution in [2.75, 3.05) is 0 Å². The maximum atomic E-state index is 6.38. The zero-order valence-corrected chi connectivity index (χ0v) is 12.1. The van der Waals surface area contributed by atoms with Gasteiger partial charge in [0.25, 0.3) is 0 Å². The van der Waals surface area contributed by atoms with Crippen LogP contribution in [0.4, 0.5) is 0 Å². The summed E-state index contributed by atoms with van der Waals surface area (Å²) in [5.41, 5.74) is 0. The highest BCUT2D eigenvalue weighted by Crippen LogP contribution is 2.31. The van der Waals surface area contributed by atoms with Crippen molar-refractivity contribution in [1.29, 1.82) is 0 Å². The van der Waals surface area contributed by atoms with E-state index < -0.39 is 8.32 Å². The highest BCUT2D eigenvalue weighted by Gasteiger charge is 2.31. The lowest BCUT2D eigenvalue weighted by Gasteiger charge is -2.31. The summed E-state index contributed by atoms with van der Waals surface area (Å²) in [7, 11) is -1.43. The minimum Gasteiger partial charge on any atom is -0.409 e. The maximum absolute atomic E-state index is 6.38. The first-order chi connectivity index (χ1) is 7.17. The minimum atomic E-state index is -1.43. The molecule has 1 aromatic rings. The number of thiophene rings is 1. The zero-order valence-electron chi connectivity index (χ0n) is 10.2. The Balaban J connectivity index is 2.66. The summed E-state index contributed by atoms with van der Waals surface area (Å²) < 4.78 is 6.38. The van der Waals surface area contributed by atoms with Crippen molar-refractivity contribution in [3.63, 3.8) is 0 Å². The molecule has 0 aliphatic heterocycles. The van der Waals surface area contributed by atoms with Gasteiger partial charge >= 0.3 is 0 Å². The van der Waals surface area contributed by atoms with E-state index in [1.54, 1.807) is 11.3 Å². The summed E-state index contributed by atoms with van der Waals surface area (Å²) in [5, 5.41) is 2.13. The molecule has 86 valence electrons. The Kier molecular flexibility index (Phi) is 5.03. The third-order valence-electron chi connectivity index (χ3n) is 3.30. The lowest BCUT2D eigenvalue weighted by atomic mass is 10.3. The molecule has 0 bridgehead atoms. The van der Waals surface area contributed by atoms with Gasteiger partial charge in [-0.3, -0.25) is 0 Å². The second kappa shape index (κ2) is 5.82. The molecule has 0 aromatic carbocycles. The van der Waals surface area contributed by atoms with Crippen LogP contribution in [0.5, 0.6) is 0 Å². The first-order valence-corrected chi connectivity index (χ1v) is 9.29. The molecule has 0 aliphatic carbocycles. The van der Waals surface area contributed by atoms with Crippen molar-refractivity contribution in [3.8, 4) is 0 Å². The molecule has 1 unspecified atom stereocenters. The van der Waals surface area contributed by atoms with E-state index in [9.17, 15) is 0 Å². The fraction of sp³-hybridized carbons (Fsp3) is 0.667. The fourth-order valence-corrected chi connectivity index (χ4v) is 5.63. The molecule has 3 heteroatoms. The lowest BCUT2D eigenvalue weighted by Crippen LogP contribution is -2.36. The Morgan fingerprint density at radius 1 is 1.27 bits per heavy atom. The molecule has 0 aliphatic rings. The highest BCUT2D eigenvalue weighted by molar-refractivity contribution is 7.10. The van der Waals surface area contributed by atoms with Gasteiger partial charge in [0, 0.05) is 4.88 Å². The standard InChI is InChI=1S/C12H22OSSi/c1-5-15(6-2,7-3)13-11(4)12-9-8-10-14-12/h8-11H,5-7H2,1-4H3. The van der Waals surface area contributed by atoms with Crippen molar-refractivity contribution >= 4 is 19.7 Å². The molecule has 1 atom stereocenters. The SMILES string of the molecule is CC[Si](CC)(CC)OC(C)c1cccs1. The van der Waals surface area contributed by atoms with Gasteiger partial charge in [-0.05, 0) is 36.5 Å². The summed E-state index contributed by atoms with van der Waals surface area (Å²) in [4.78, 5) is 1.36. The monoisotopic (exact) mass is 242 g/mol. The van der Waals surface area contributed by atoms with Crippen LogP contribution >= 0.6 is 11.3 Å². The molecule has 1 rings (SSSR count). The Morgan fingerprint density at radius 3 is 2.27 bits per heavy atom. The second-order valence-corrected chi connectivity index (χ2v) is 9.72. The topological polar surface area (TPSA) is 9.23 Å². The van der Waals surface area contributed by atoms with Gasteiger partial charge in [0.05, 0.1) is 6.10 Å². The molecule has 0 amide bonds. The first-order valence-electron chi connectivity index (χ1n) is 5.88. The summed E-state index contributed by atoms with van der Waals surface area (Å²) in [6.45, 7) is 9.02. The summed E-state index contributed by atoms with van der Waals surface area (Å²) in [6, 6.07) is 7.98. The molecule has 0 radical (unpaired) electrons. The largest absolute Gasteiger partial charge is 0.409 e. The van der Waals surface area contributed by atoms with E-state index in [0.717, 1.165) is 0 Å². The third-order valence-corrected chi connectivity index (χ3v) is 9.06. The van der Waals surface area contributed by atoms with Crippen LogP contribution in [-0.4, -0.2) is 8.32 Å². The number of hydrogen-bond donors (Lipinski definition) is 0. The average molecular weight is 242 g/mol. The minimum absolute atomic E-state index is 0.288. The quantitative estimate of drug-likeness (QED) is 0.649. The molecule has 0 saturated heterocycles. The average Bonchev–Trinajstić information content (AvgIpc) is 2.79. The van der Waals surface area contributed by atoms with E-state index in [-0.39, 0.29) is 6.10 Å². The third kappa shape index (κ3) is 3.16. The Bertz CT molecular complexity index is 259. The van der Waals surface area contributed by atoms with Gasteiger partial charge in [0.15, 0.2) is 8.32 Å². The fourth-order valence-electron chi connectivity index (χ4n) is 1.96. The molecule has 0 spiro atoms. The molecule has 1 nitrogen and oxygen atoms in total. The zero-order chi connectivity index (χ0) is 11.3. The molecule has 0 N–H and O–H groups in total. The smallest absolute Gasteiger partial charge is 0.192 e. The molecular formula is C12H22OSSi. The van der Waals surface area contributed by atoms with E-state index in [1.807, 2.05) is 0 Å². The number of hydrogen-bond acceptors (Lipinski definition) is 2. The van der Waals surface area contributed by atoms with Crippen LogP contribution in [0.25, 0.3) is 0 Å². The van der Waals surface area contributed by atoms with E-state index in [2.05, 4.69) is 45.2 Å². The van der Waals surface area contributed by atoms with Crippen LogP contribution < -0.4 is 0 Å². The van der Waals surface area contributed by atoms with E-state index in [4.69, 9.17) is 4.43 Å². The Labute approximate surface area is 98.6 Å². The molecule has 1 aromatic heterocycles. The van der Waals surface area contributed by atoms with Crippen molar-refractivity contribution in [2.45, 2.75) is 51.9 Å². The molecule has 1 heterocycles. The van der Waals surface area contributed by atoms with Crippen molar-refractivity contribution in [1.82, 2.24) is 0 Å². The van der Waals surface area contributed by atoms with Gasteiger partial charge in [-0.15, -0.1) is 11.3 Å². The molecule has 15 heavy (non-hydrogen) atoms. The van der Waals surface area contributed by atoms with Crippen LogP contribution in [0.1, 0.15) is 38.7 Å². The van der Waals surface area contributed by atoms with Crippen LogP contribution in [-0.2, 0) is 4.43 Å². The molecular weight excluding hydrogens is 220 g/mol. The van der Waals surface area contributed by atoms with Gasteiger partial charge in [0.2, 0.25) is 0 Å². The predicted molar refractivity (Wildman–Crippen MR) is 71.0 cm³/mol.